The van der Waals surface area contributed by atoms with Crippen molar-refractivity contribution < 1.29 is 4.74 Å². The lowest BCUT2D eigenvalue weighted by molar-refractivity contribution is 0.363. The molecule has 0 atom stereocenters. The Kier molecular flexibility index (Phi) is 3.06. The van der Waals surface area contributed by atoms with Gasteiger partial charge >= 0.3 is 0 Å². The number of benzene rings is 2. The largest absolute Gasteiger partial charge is 0.489 e. The fraction of sp³-hybridized carbons (Fsp3) is 0.0667. The molecular weight excluding hydrogens is 196 g/mol. The van der Waals surface area contributed by atoms with Crippen molar-refractivity contribution in [2.45, 2.75) is 0 Å². The van der Waals surface area contributed by atoms with Crippen LogP contribution in [0.5, 0.6) is 5.75 Å². The van der Waals surface area contributed by atoms with Crippen molar-refractivity contribution in [2.24, 2.45) is 0 Å². The smallest absolute Gasteiger partial charge is 0.127 e. The van der Waals surface area contributed by atoms with Crippen molar-refractivity contribution in [1.29, 1.82) is 0 Å². The first-order chi connectivity index (χ1) is 7.86. The van der Waals surface area contributed by atoms with Crippen LogP contribution in [0.25, 0.3) is 16.8 Å². The van der Waals surface area contributed by atoms with Gasteiger partial charge in [-0.1, -0.05) is 55.6 Å². The maximum absolute atomic E-state index is 5.60. The highest BCUT2D eigenvalue weighted by Crippen LogP contribution is 2.28. The standard InChI is InChI=1S/C15H14O/c1-3-11-16-15-10-9-12-7-5-6-8-14(12)13(15)4-2/h3-10H,1-2,11H2. The van der Waals surface area contributed by atoms with Gasteiger partial charge in [-0.2, -0.15) is 0 Å². The van der Waals surface area contributed by atoms with Gasteiger partial charge in [-0.15, -0.1) is 0 Å². The molecule has 2 aromatic carbocycles. The molecule has 0 saturated heterocycles. The van der Waals surface area contributed by atoms with E-state index in [0.29, 0.717) is 6.61 Å². The first-order valence-electron chi connectivity index (χ1n) is 5.24. The van der Waals surface area contributed by atoms with Gasteiger partial charge in [0.05, 0.1) is 0 Å². The van der Waals surface area contributed by atoms with Crippen LogP contribution >= 0.6 is 0 Å². The summed E-state index contributed by atoms with van der Waals surface area (Å²) in [4.78, 5) is 0. The molecule has 2 rings (SSSR count). The minimum atomic E-state index is 0.513. The Bertz CT molecular complexity index is 526. The Hall–Kier alpha value is -2.02. The summed E-state index contributed by atoms with van der Waals surface area (Å²) in [6.07, 6.45) is 3.57. The summed E-state index contributed by atoms with van der Waals surface area (Å²) in [5.41, 5.74) is 1.04. The second-order valence-corrected chi connectivity index (χ2v) is 3.50. The van der Waals surface area contributed by atoms with Gasteiger partial charge in [-0.05, 0) is 16.8 Å². The lowest BCUT2D eigenvalue weighted by Gasteiger charge is -2.10. The topological polar surface area (TPSA) is 9.23 Å². The summed E-state index contributed by atoms with van der Waals surface area (Å²) < 4.78 is 5.60. The van der Waals surface area contributed by atoms with Crippen LogP contribution in [0.4, 0.5) is 0 Å². The third-order valence-corrected chi connectivity index (χ3v) is 2.49. The molecule has 0 saturated carbocycles. The fourth-order valence-corrected chi connectivity index (χ4v) is 1.76. The Morgan fingerprint density at radius 2 is 1.88 bits per heavy atom. The van der Waals surface area contributed by atoms with Crippen LogP contribution in [0.15, 0.2) is 55.6 Å². The minimum Gasteiger partial charge on any atom is -0.489 e. The zero-order chi connectivity index (χ0) is 11.4. The Morgan fingerprint density at radius 3 is 2.62 bits per heavy atom. The summed E-state index contributed by atoms with van der Waals surface area (Å²) in [5, 5.41) is 2.36. The molecule has 0 aliphatic heterocycles. The van der Waals surface area contributed by atoms with Gasteiger partial charge in [0.2, 0.25) is 0 Å². The van der Waals surface area contributed by atoms with E-state index in [0.717, 1.165) is 11.3 Å². The van der Waals surface area contributed by atoms with Gasteiger partial charge in [0.25, 0.3) is 0 Å². The first-order valence-corrected chi connectivity index (χ1v) is 5.24. The molecule has 1 heteroatoms. The number of hydrogen-bond donors (Lipinski definition) is 0. The minimum absolute atomic E-state index is 0.513. The van der Waals surface area contributed by atoms with Crippen LogP contribution < -0.4 is 4.74 Å². The normalized spacial score (nSPS) is 10.0. The maximum Gasteiger partial charge on any atom is 0.127 e. The lowest BCUT2D eigenvalue weighted by Crippen LogP contribution is -1.95. The van der Waals surface area contributed by atoms with Crippen molar-refractivity contribution in [3.63, 3.8) is 0 Å². The number of fused-ring (bicyclic) bond motifs is 1. The first kappa shape index (κ1) is 10.5. The van der Waals surface area contributed by atoms with Gasteiger partial charge in [-0.25, -0.2) is 0 Å². The van der Waals surface area contributed by atoms with Crippen LogP contribution in [-0.2, 0) is 0 Å². The second-order valence-electron chi connectivity index (χ2n) is 3.50. The summed E-state index contributed by atoms with van der Waals surface area (Å²) in [6.45, 7) is 8.00. The molecule has 0 bridgehead atoms. The van der Waals surface area contributed by atoms with E-state index >= 15 is 0 Å². The molecule has 0 spiro atoms. The van der Waals surface area contributed by atoms with E-state index < -0.39 is 0 Å². The zero-order valence-corrected chi connectivity index (χ0v) is 9.15. The lowest BCUT2D eigenvalue weighted by atomic mass is 10.0. The van der Waals surface area contributed by atoms with E-state index in [2.05, 4.69) is 31.4 Å². The highest BCUT2D eigenvalue weighted by Gasteiger charge is 2.04. The summed E-state index contributed by atoms with van der Waals surface area (Å²) >= 11 is 0. The average molecular weight is 210 g/mol. The maximum atomic E-state index is 5.60. The van der Waals surface area contributed by atoms with E-state index in [9.17, 15) is 0 Å². The number of ether oxygens (including phenoxy) is 1. The van der Waals surface area contributed by atoms with E-state index in [-0.39, 0.29) is 0 Å². The van der Waals surface area contributed by atoms with Crippen LogP contribution in [0.2, 0.25) is 0 Å². The Morgan fingerprint density at radius 1 is 1.06 bits per heavy atom. The quantitative estimate of drug-likeness (QED) is 0.692. The molecule has 0 unspecified atom stereocenters. The SMILES string of the molecule is C=CCOc1ccc2ccccc2c1C=C. The summed E-state index contributed by atoms with van der Waals surface area (Å²) in [7, 11) is 0. The van der Waals surface area contributed by atoms with E-state index in [1.807, 2.05) is 24.3 Å². The van der Waals surface area contributed by atoms with Gasteiger partial charge in [0, 0.05) is 5.56 Å². The Balaban J connectivity index is 2.58. The van der Waals surface area contributed by atoms with Crippen molar-refractivity contribution in [1.82, 2.24) is 0 Å². The van der Waals surface area contributed by atoms with E-state index in [1.165, 1.54) is 10.8 Å². The van der Waals surface area contributed by atoms with Crippen molar-refractivity contribution in [3.8, 4) is 5.75 Å². The van der Waals surface area contributed by atoms with Crippen molar-refractivity contribution >= 4 is 16.8 Å². The van der Waals surface area contributed by atoms with Crippen molar-refractivity contribution in [3.05, 3.63) is 61.2 Å². The molecule has 1 nitrogen and oxygen atoms in total. The summed E-state index contributed by atoms with van der Waals surface area (Å²) in [6, 6.07) is 12.2. The van der Waals surface area contributed by atoms with Crippen LogP contribution in [0, 0.1) is 0 Å². The van der Waals surface area contributed by atoms with Crippen LogP contribution in [-0.4, -0.2) is 6.61 Å². The molecule has 0 aromatic heterocycles. The molecule has 0 heterocycles. The second kappa shape index (κ2) is 4.67. The average Bonchev–Trinajstić information content (AvgIpc) is 2.35. The molecule has 0 amide bonds. The van der Waals surface area contributed by atoms with Crippen LogP contribution in [0.1, 0.15) is 5.56 Å². The highest BCUT2D eigenvalue weighted by atomic mass is 16.5. The Labute approximate surface area is 95.7 Å². The van der Waals surface area contributed by atoms with E-state index in [4.69, 9.17) is 4.74 Å². The molecule has 2 aromatic rings. The molecule has 80 valence electrons. The molecule has 16 heavy (non-hydrogen) atoms. The van der Waals surface area contributed by atoms with Gasteiger partial charge < -0.3 is 4.74 Å². The highest BCUT2D eigenvalue weighted by molar-refractivity contribution is 5.92. The van der Waals surface area contributed by atoms with Gasteiger partial charge in [-0.3, -0.25) is 0 Å². The zero-order valence-electron chi connectivity index (χ0n) is 9.15. The van der Waals surface area contributed by atoms with Crippen LogP contribution in [0.3, 0.4) is 0 Å². The predicted octanol–water partition coefficient (Wildman–Crippen LogP) is 4.05. The van der Waals surface area contributed by atoms with Crippen molar-refractivity contribution in [2.75, 3.05) is 6.61 Å². The molecule has 0 radical (unpaired) electrons. The molecule has 0 fully saturated rings. The molecule has 0 N–H and O–H groups in total. The number of hydrogen-bond acceptors (Lipinski definition) is 1. The predicted molar refractivity (Wildman–Crippen MR) is 69.7 cm³/mol. The fourth-order valence-electron chi connectivity index (χ4n) is 1.76. The third-order valence-electron chi connectivity index (χ3n) is 2.49. The summed E-state index contributed by atoms with van der Waals surface area (Å²) in [5.74, 6) is 0.855. The van der Waals surface area contributed by atoms with Gasteiger partial charge in [0.1, 0.15) is 12.4 Å². The van der Waals surface area contributed by atoms with Gasteiger partial charge in [0.15, 0.2) is 0 Å². The number of rotatable bonds is 4. The molecule has 0 aliphatic carbocycles. The molecular formula is C15H14O. The van der Waals surface area contributed by atoms with E-state index in [1.54, 1.807) is 6.08 Å². The third kappa shape index (κ3) is 1.84. The monoisotopic (exact) mass is 210 g/mol. The molecule has 0 aliphatic rings.